The Labute approximate surface area is 123 Å². The van der Waals surface area contributed by atoms with E-state index in [2.05, 4.69) is 0 Å². The molecule has 4 rings (SSSR count). The molecule has 0 N–H and O–H groups in total. The fraction of sp³-hybridized carbons (Fsp3) is 0.588. The van der Waals surface area contributed by atoms with Crippen molar-refractivity contribution in [3.05, 3.63) is 35.4 Å². The molecule has 0 unspecified atom stereocenters. The number of hydrogen-bond acceptors (Lipinski definition) is 1. The van der Waals surface area contributed by atoms with Crippen LogP contribution in [0.3, 0.4) is 0 Å². The summed E-state index contributed by atoms with van der Waals surface area (Å²) in [7, 11) is 0. The number of benzene rings is 1. The first-order valence-electron chi connectivity index (χ1n) is 7.86. The molecule has 0 spiro atoms. The van der Waals surface area contributed by atoms with Crippen LogP contribution in [0.25, 0.3) is 0 Å². The molecule has 1 aromatic rings. The maximum atomic E-state index is 13.9. The molecule has 3 saturated carbocycles. The maximum Gasteiger partial charge on any atom is 0.229 e. The summed E-state index contributed by atoms with van der Waals surface area (Å²) in [5.74, 6) is -0.403. The van der Waals surface area contributed by atoms with Crippen LogP contribution in [0.15, 0.2) is 18.2 Å². The van der Waals surface area contributed by atoms with Crippen LogP contribution in [0.5, 0.6) is 0 Å². The van der Waals surface area contributed by atoms with Crippen molar-refractivity contribution >= 4 is 5.91 Å². The molecular weight excluding hydrogens is 272 g/mol. The summed E-state index contributed by atoms with van der Waals surface area (Å²) >= 11 is 0. The van der Waals surface area contributed by atoms with Crippen molar-refractivity contribution in [2.75, 3.05) is 0 Å². The molecule has 0 bridgehead atoms. The van der Waals surface area contributed by atoms with Gasteiger partial charge in [0, 0.05) is 11.6 Å². The Balaban J connectivity index is 1.61. The third-order valence-electron chi connectivity index (χ3n) is 5.52. The second-order valence-corrected chi connectivity index (χ2v) is 6.83. The highest BCUT2D eigenvalue weighted by molar-refractivity contribution is 5.90. The molecule has 0 saturated heterocycles. The molecule has 3 aliphatic rings. The maximum absolute atomic E-state index is 13.9. The highest BCUT2D eigenvalue weighted by Crippen LogP contribution is 2.76. The molecule has 4 heteroatoms. The monoisotopic (exact) mass is 291 g/mol. The topological polar surface area (TPSA) is 20.3 Å². The number of carbonyl (C=O) groups is 1. The second kappa shape index (κ2) is 4.52. The van der Waals surface area contributed by atoms with Crippen LogP contribution in [-0.4, -0.2) is 16.8 Å². The molecule has 0 aliphatic heterocycles. The molecule has 0 heterocycles. The number of amides is 1. The summed E-state index contributed by atoms with van der Waals surface area (Å²) < 4.78 is 27.8. The van der Waals surface area contributed by atoms with E-state index in [4.69, 9.17) is 0 Å². The summed E-state index contributed by atoms with van der Waals surface area (Å²) in [6, 6.07) is 4.07. The summed E-state index contributed by atoms with van der Waals surface area (Å²) in [5, 5.41) is 0. The number of hydrogen-bond donors (Lipinski definition) is 0. The minimum Gasteiger partial charge on any atom is -0.335 e. The molecule has 112 valence electrons. The summed E-state index contributed by atoms with van der Waals surface area (Å²) in [4.78, 5) is 14.5. The zero-order chi connectivity index (χ0) is 14.6. The quantitative estimate of drug-likeness (QED) is 0.829. The minimum atomic E-state index is -0.550. The Hall–Kier alpha value is -1.45. The first kappa shape index (κ1) is 13.2. The van der Waals surface area contributed by atoms with E-state index in [1.807, 2.05) is 0 Å². The molecule has 3 aliphatic carbocycles. The largest absolute Gasteiger partial charge is 0.335 e. The molecule has 21 heavy (non-hydrogen) atoms. The molecule has 0 atom stereocenters. The number of nitrogens with zero attached hydrogens (tertiary/aromatic N) is 1. The Bertz CT molecular complexity index is 568. The highest BCUT2D eigenvalue weighted by Gasteiger charge is 2.75. The van der Waals surface area contributed by atoms with Gasteiger partial charge in [-0.05, 0) is 43.7 Å². The van der Waals surface area contributed by atoms with E-state index >= 15 is 0 Å². The number of rotatable bonds is 4. The van der Waals surface area contributed by atoms with E-state index in [-0.39, 0.29) is 29.5 Å². The van der Waals surface area contributed by atoms with E-state index in [9.17, 15) is 13.6 Å². The van der Waals surface area contributed by atoms with Gasteiger partial charge in [-0.3, -0.25) is 4.79 Å². The predicted octanol–water partition coefficient (Wildman–Crippen LogP) is 3.65. The van der Waals surface area contributed by atoms with Crippen molar-refractivity contribution in [3.63, 3.8) is 0 Å². The van der Waals surface area contributed by atoms with Gasteiger partial charge >= 0.3 is 0 Å². The van der Waals surface area contributed by atoms with Crippen LogP contribution in [0.4, 0.5) is 8.78 Å². The minimum absolute atomic E-state index is 0.0343. The lowest BCUT2D eigenvalue weighted by Gasteiger charge is -2.30. The lowest BCUT2D eigenvalue weighted by atomic mass is 10.1. The van der Waals surface area contributed by atoms with E-state index in [1.165, 1.54) is 18.2 Å². The van der Waals surface area contributed by atoms with Gasteiger partial charge in [-0.15, -0.1) is 0 Å². The van der Waals surface area contributed by atoms with Crippen LogP contribution in [0.1, 0.15) is 44.1 Å². The van der Waals surface area contributed by atoms with Gasteiger partial charge in [-0.1, -0.05) is 18.9 Å². The average molecular weight is 291 g/mol. The SMILES string of the molecule is O=C(N(Cc1c(F)cccc1F)C1CCCC1)C12CC1C2. The fourth-order valence-corrected chi connectivity index (χ4v) is 3.77. The first-order chi connectivity index (χ1) is 10.1. The Morgan fingerprint density at radius 2 is 1.76 bits per heavy atom. The van der Waals surface area contributed by atoms with Crippen LogP contribution >= 0.6 is 0 Å². The van der Waals surface area contributed by atoms with Crippen LogP contribution in [0, 0.1) is 23.0 Å². The smallest absolute Gasteiger partial charge is 0.229 e. The Kier molecular flexibility index (Phi) is 2.85. The van der Waals surface area contributed by atoms with Crippen molar-refractivity contribution in [2.45, 2.75) is 51.1 Å². The summed E-state index contributed by atoms with van der Waals surface area (Å²) in [6.07, 6.45) is 6.09. The van der Waals surface area contributed by atoms with E-state index in [0.29, 0.717) is 5.92 Å². The third-order valence-corrected chi connectivity index (χ3v) is 5.52. The van der Waals surface area contributed by atoms with Gasteiger partial charge in [0.1, 0.15) is 11.6 Å². The normalized spacial score (nSPS) is 30.1. The van der Waals surface area contributed by atoms with Crippen LogP contribution < -0.4 is 0 Å². The summed E-state index contributed by atoms with van der Waals surface area (Å²) in [5.41, 5.74) is -0.100. The second-order valence-electron chi connectivity index (χ2n) is 6.83. The van der Waals surface area contributed by atoms with E-state index in [0.717, 1.165) is 38.5 Å². The lowest BCUT2D eigenvalue weighted by Crippen LogP contribution is -2.41. The summed E-state index contributed by atoms with van der Waals surface area (Å²) in [6.45, 7) is 0.0798. The van der Waals surface area contributed by atoms with Gasteiger partial charge in [-0.25, -0.2) is 8.78 Å². The molecule has 1 amide bonds. The number of carbonyl (C=O) groups excluding carboxylic acids is 1. The van der Waals surface area contributed by atoms with Crippen molar-refractivity contribution in [2.24, 2.45) is 11.3 Å². The molecule has 3 fully saturated rings. The van der Waals surface area contributed by atoms with Gasteiger partial charge in [0.2, 0.25) is 5.91 Å². The van der Waals surface area contributed by atoms with Crippen molar-refractivity contribution in [1.82, 2.24) is 4.90 Å². The fourth-order valence-electron chi connectivity index (χ4n) is 3.77. The van der Waals surface area contributed by atoms with E-state index in [1.54, 1.807) is 4.90 Å². The zero-order valence-electron chi connectivity index (χ0n) is 11.9. The van der Waals surface area contributed by atoms with Gasteiger partial charge in [0.15, 0.2) is 0 Å². The molecular formula is C17H19F2NO. The lowest BCUT2D eigenvalue weighted by molar-refractivity contribution is -0.137. The van der Waals surface area contributed by atoms with E-state index < -0.39 is 11.6 Å². The van der Waals surface area contributed by atoms with Crippen LogP contribution in [0.2, 0.25) is 0 Å². The van der Waals surface area contributed by atoms with Crippen LogP contribution in [-0.2, 0) is 11.3 Å². The molecule has 0 aromatic heterocycles. The predicted molar refractivity (Wildman–Crippen MR) is 74.3 cm³/mol. The van der Waals surface area contributed by atoms with Gasteiger partial charge in [0.05, 0.1) is 12.0 Å². The average Bonchev–Trinajstić information content (AvgIpc) is 3.24. The highest BCUT2D eigenvalue weighted by atomic mass is 19.1. The molecule has 1 aromatic carbocycles. The molecule has 2 nitrogen and oxygen atoms in total. The molecule has 0 radical (unpaired) electrons. The number of fused-ring (bicyclic) bond motifs is 1. The van der Waals surface area contributed by atoms with Crippen molar-refractivity contribution in [3.8, 4) is 0 Å². The standard InChI is InChI=1S/C17H19F2NO/c18-14-6-3-7-15(19)13(14)10-20(12-4-1-2-5-12)16(21)17-8-11(17)9-17/h3,6-7,11-12H,1-2,4-5,8-10H2. The Morgan fingerprint density at radius 3 is 2.29 bits per heavy atom. The van der Waals surface area contributed by atoms with Gasteiger partial charge in [0.25, 0.3) is 0 Å². The number of halogens is 2. The van der Waals surface area contributed by atoms with Crippen molar-refractivity contribution < 1.29 is 13.6 Å². The zero-order valence-corrected chi connectivity index (χ0v) is 11.9. The first-order valence-corrected chi connectivity index (χ1v) is 7.86. The Morgan fingerprint density at radius 1 is 1.19 bits per heavy atom. The van der Waals surface area contributed by atoms with Gasteiger partial charge < -0.3 is 4.90 Å². The third kappa shape index (κ3) is 2.07. The van der Waals surface area contributed by atoms with Crippen molar-refractivity contribution in [1.29, 1.82) is 0 Å². The van der Waals surface area contributed by atoms with Gasteiger partial charge in [-0.2, -0.15) is 0 Å².